The van der Waals surface area contributed by atoms with Crippen LogP contribution in [0.2, 0.25) is 0 Å². The Labute approximate surface area is 155 Å². The van der Waals surface area contributed by atoms with Gasteiger partial charge in [-0.1, -0.05) is 42.1 Å². The van der Waals surface area contributed by atoms with Crippen LogP contribution in [0.1, 0.15) is 24.1 Å². The second-order valence-electron chi connectivity index (χ2n) is 5.90. The van der Waals surface area contributed by atoms with Gasteiger partial charge in [0.2, 0.25) is 5.91 Å². The SMILES string of the molecule is Cc1ccccc1-n1cnnc1SCC(=O)N[C@H](C)c1ccc(F)cc1. The van der Waals surface area contributed by atoms with Crippen LogP contribution >= 0.6 is 11.8 Å². The molecule has 0 spiro atoms. The molecular formula is C19H19FN4OS. The standard InChI is InChI=1S/C19H19FN4OS/c1-13-5-3-4-6-17(13)24-12-21-23-19(24)26-11-18(25)22-14(2)15-7-9-16(20)10-8-15/h3-10,12,14H,11H2,1-2H3,(H,22,25)/t14-/m1/s1. The van der Waals surface area contributed by atoms with Crippen molar-refractivity contribution in [1.29, 1.82) is 0 Å². The average Bonchev–Trinajstić information content (AvgIpc) is 3.09. The summed E-state index contributed by atoms with van der Waals surface area (Å²) in [5.41, 5.74) is 2.94. The first kappa shape index (κ1) is 18.1. The Balaban J connectivity index is 1.61. The number of para-hydroxylation sites is 1. The Morgan fingerprint density at radius 1 is 1.23 bits per heavy atom. The van der Waals surface area contributed by atoms with Gasteiger partial charge in [0.05, 0.1) is 17.5 Å². The second-order valence-corrected chi connectivity index (χ2v) is 6.84. The summed E-state index contributed by atoms with van der Waals surface area (Å²) in [4.78, 5) is 12.2. The van der Waals surface area contributed by atoms with Crippen molar-refractivity contribution < 1.29 is 9.18 Å². The molecular weight excluding hydrogens is 351 g/mol. The zero-order valence-electron chi connectivity index (χ0n) is 14.5. The quantitative estimate of drug-likeness (QED) is 0.673. The van der Waals surface area contributed by atoms with E-state index in [0.717, 1.165) is 16.8 Å². The fourth-order valence-electron chi connectivity index (χ4n) is 2.57. The van der Waals surface area contributed by atoms with Gasteiger partial charge in [-0.2, -0.15) is 0 Å². The summed E-state index contributed by atoms with van der Waals surface area (Å²) in [5.74, 6) is -0.194. The topological polar surface area (TPSA) is 59.8 Å². The smallest absolute Gasteiger partial charge is 0.230 e. The Hall–Kier alpha value is -2.67. The number of hydrogen-bond donors (Lipinski definition) is 1. The number of hydrogen-bond acceptors (Lipinski definition) is 4. The molecule has 1 amide bonds. The van der Waals surface area contributed by atoms with Crippen LogP contribution in [0.15, 0.2) is 60.0 Å². The molecule has 1 aromatic heterocycles. The predicted molar refractivity (Wildman–Crippen MR) is 99.8 cm³/mol. The lowest BCUT2D eigenvalue weighted by atomic mass is 10.1. The summed E-state index contributed by atoms with van der Waals surface area (Å²) in [6.07, 6.45) is 1.64. The third-order valence-electron chi connectivity index (χ3n) is 3.97. The van der Waals surface area contributed by atoms with E-state index in [9.17, 15) is 9.18 Å². The first-order valence-corrected chi connectivity index (χ1v) is 9.17. The summed E-state index contributed by atoms with van der Waals surface area (Å²) >= 11 is 1.32. The van der Waals surface area contributed by atoms with E-state index < -0.39 is 0 Å². The number of amides is 1. The number of nitrogens with zero attached hydrogens (tertiary/aromatic N) is 3. The summed E-state index contributed by atoms with van der Waals surface area (Å²) in [6.45, 7) is 3.88. The molecule has 1 N–H and O–H groups in total. The lowest BCUT2D eigenvalue weighted by Crippen LogP contribution is -2.28. The molecule has 0 fully saturated rings. The first-order valence-electron chi connectivity index (χ1n) is 8.18. The number of aromatic nitrogens is 3. The highest BCUT2D eigenvalue weighted by atomic mass is 32.2. The maximum Gasteiger partial charge on any atom is 0.230 e. The monoisotopic (exact) mass is 370 g/mol. The Kier molecular flexibility index (Phi) is 5.68. The van der Waals surface area contributed by atoms with Crippen LogP contribution in [0.25, 0.3) is 5.69 Å². The minimum absolute atomic E-state index is 0.119. The third kappa shape index (κ3) is 4.29. The molecule has 3 aromatic rings. The Morgan fingerprint density at radius 3 is 2.69 bits per heavy atom. The highest BCUT2D eigenvalue weighted by Gasteiger charge is 2.13. The van der Waals surface area contributed by atoms with Gasteiger partial charge in [0, 0.05) is 0 Å². The third-order valence-corrected chi connectivity index (χ3v) is 4.91. The highest BCUT2D eigenvalue weighted by molar-refractivity contribution is 7.99. The lowest BCUT2D eigenvalue weighted by molar-refractivity contribution is -0.119. The zero-order valence-corrected chi connectivity index (χ0v) is 15.3. The maximum atomic E-state index is 13.0. The molecule has 0 saturated carbocycles. The summed E-state index contributed by atoms with van der Waals surface area (Å²) in [5, 5.41) is 11.6. The number of halogens is 1. The molecule has 26 heavy (non-hydrogen) atoms. The molecule has 0 unspecified atom stereocenters. The molecule has 5 nitrogen and oxygen atoms in total. The van der Waals surface area contributed by atoms with Crippen LogP contribution < -0.4 is 5.32 Å². The number of nitrogens with one attached hydrogen (secondary N) is 1. The average molecular weight is 370 g/mol. The zero-order chi connectivity index (χ0) is 18.5. The van der Waals surface area contributed by atoms with Gasteiger partial charge in [0.15, 0.2) is 5.16 Å². The van der Waals surface area contributed by atoms with Crippen LogP contribution in [-0.2, 0) is 4.79 Å². The highest BCUT2D eigenvalue weighted by Crippen LogP contribution is 2.22. The van der Waals surface area contributed by atoms with Crippen LogP contribution in [0.3, 0.4) is 0 Å². The van der Waals surface area contributed by atoms with Crippen molar-refractivity contribution in [1.82, 2.24) is 20.1 Å². The van der Waals surface area contributed by atoms with Gasteiger partial charge in [-0.15, -0.1) is 10.2 Å². The van der Waals surface area contributed by atoms with E-state index in [-0.39, 0.29) is 23.5 Å². The van der Waals surface area contributed by atoms with Crippen LogP contribution in [0.4, 0.5) is 4.39 Å². The largest absolute Gasteiger partial charge is 0.349 e. The molecule has 3 rings (SSSR count). The van der Waals surface area contributed by atoms with Gasteiger partial charge < -0.3 is 5.32 Å². The van der Waals surface area contributed by atoms with Gasteiger partial charge in [-0.3, -0.25) is 9.36 Å². The molecule has 2 aromatic carbocycles. The molecule has 1 atom stereocenters. The molecule has 134 valence electrons. The van der Waals surface area contributed by atoms with Crippen LogP contribution in [0, 0.1) is 12.7 Å². The van der Waals surface area contributed by atoms with Crippen molar-refractivity contribution in [2.24, 2.45) is 0 Å². The van der Waals surface area contributed by atoms with E-state index >= 15 is 0 Å². The summed E-state index contributed by atoms with van der Waals surface area (Å²) < 4.78 is 14.9. The first-order chi connectivity index (χ1) is 12.5. The van der Waals surface area contributed by atoms with Gasteiger partial charge in [0.25, 0.3) is 0 Å². The molecule has 0 aliphatic carbocycles. The van der Waals surface area contributed by atoms with E-state index in [1.807, 2.05) is 42.7 Å². The molecule has 0 bridgehead atoms. The fraction of sp³-hybridized carbons (Fsp3) is 0.211. The summed E-state index contributed by atoms with van der Waals surface area (Å²) in [6, 6.07) is 13.8. The maximum absolute atomic E-state index is 13.0. The number of carbonyl (C=O) groups excluding carboxylic acids is 1. The number of thioether (sulfide) groups is 1. The Morgan fingerprint density at radius 2 is 1.96 bits per heavy atom. The van der Waals surface area contributed by atoms with Crippen LogP contribution in [-0.4, -0.2) is 26.4 Å². The van der Waals surface area contributed by atoms with Crippen molar-refractivity contribution in [2.75, 3.05) is 5.75 Å². The molecule has 0 aliphatic rings. The van der Waals surface area contributed by atoms with Crippen LogP contribution in [0.5, 0.6) is 0 Å². The molecule has 0 saturated heterocycles. The van der Waals surface area contributed by atoms with Gasteiger partial charge in [-0.05, 0) is 43.2 Å². The van der Waals surface area contributed by atoms with E-state index in [1.165, 1.54) is 23.9 Å². The van der Waals surface area contributed by atoms with E-state index in [1.54, 1.807) is 18.5 Å². The minimum atomic E-state index is -0.293. The second kappa shape index (κ2) is 8.14. The van der Waals surface area contributed by atoms with Gasteiger partial charge >= 0.3 is 0 Å². The molecule has 7 heteroatoms. The summed E-state index contributed by atoms with van der Waals surface area (Å²) in [7, 11) is 0. The number of rotatable bonds is 6. The normalized spacial score (nSPS) is 12.0. The molecule has 0 aliphatic heterocycles. The van der Waals surface area contributed by atoms with E-state index in [2.05, 4.69) is 15.5 Å². The molecule has 0 radical (unpaired) electrons. The number of benzene rings is 2. The van der Waals surface area contributed by atoms with Gasteiger partial charge in [-0.25, -0.2) is 4.39 Å². The van der Waals surface area contributed by atoms with Crippen molar-refractivity contribution in [3.05, 3.63) is 71.8 Å². The van der Waals surface area contributed by atoms with Crippen molar-refractivity contribution in [3.63, 3.8) is 0 Å². The van der Waals surface area contributed by atoms with Gasteiger partial charge in [0.1, 0.15) is 12.1 Å². The lowest BCUT2D eigenvalue weighted by Gasteiger charge is -2.14. The fourth-order valence-corrected chi connectivity index (χ4v) is 3.30. The van der Waals surface area contributed by atoms with E-state index in [4.69, 9.17) is 0 Å². The number of carbonyl (C=O) groups is 1. The number of aryl methyl sites for hydroxylation is 1. The Bertz CT molecular complexity index is 895. The van der Waals surface area contributed by atoms with Crippen molar-refractivity contribution in [2.45, 2.75) is 25.0 Å². The molecule has 1 heterocycles. The predicted octanol–water partition coefficient (Wildman–Crippen LogP) is 3.68. The van der Waals surface area contributed by atoms with E-state index in [0.29, 0.717) is 5.16 Å². The van der Waals surface area contributed by atoms with Crippen molar-refractivity contribution in [3.8, 4) is 5.69 Å². The minimum Gasteiger partial charge on any atom is -0.349 e. The van der Waals surface area contributed by atoms with Crippen molar-refractivity contribution >= 4 is 17.7 Å².